The van der Waals surface area contributed by atoms with Crippen LogP contribution >= 0.6 is 0 Å². The van der Waals surface area contributed by atoms with Crippen molar-refractivity contribution < 1.29 is 28.2 Å². The van der Waals surface area contributed by atoms with Gasteiger partial charge in [-0.25, -0.2) is 13.6 Å². The highest BCUT2D eigenvalue weighted by Crippen LogP contribution is 2.20. The van der Waals surface area contributed by atoms with E-state index in [0.717, 1.165) is 12.1 Å². The van der Waals surface area contributed by atoms with Crippen LogP contribution in [0.2, 0.25) is 0 Å². The molecule has 7 heteroatoms. The van der Waals surface area contributed by atoms with E-state index in [0.29, 0.717) is 29.8 Å². The third-order valence-corrected chi connectivity index (χ3v) is 3.80. The molecule has 0 unspecified atom stereocenters. The first-order valence-electron chi connectivity index (χ1n) is 8.02. The zero-order valence-corrected chi connectivity index (χ0v) is 14.2. The number of rotatable bonds is 8. The van der Waals surface area contributed by atoms with E-state index in [1.807, 2.05) is 0 Å². The highest BCUT2D eigenvalue weighted by atomic mass is 19.2. The zero-order chi connectivity index (χ0) is 19.1. The van der Waals surface area contributed by atoms with Crippen molar-refractivity contribution in [2.24, 2.45) is 0 Å². The zero-order valence-electron chi connectivity index (χ0n) is 14.2. The lowest BCUT2D eigenvalue weighted by atomic mass is 10.1. The molecule has 0 heterocycles. The molecule has 0 fully saturated rings. The monoisotopic (exact) mass is 363 g/mol. The number of carbonyl (C=O) groups is 2. The summed E-state index contributed by atoms with van der Waals surface area (Å²) in [5.41, 5.74) is 1.28. The van der Waals surface area contributed by atoms with Crippen molar-refractivity contribution in [2.45, 2.75) is 19.3 Å². The molecule has 26 heavy (non-hydrogen) atoms. The van der Waals surface area contributed by atoms with Crippen LogP contribution in [0.3, 0.4) is 0 Å². The van der Waals surface area contributed by atoms with Gasteiger partial charge in [0.05, 0.1) is 0 Å². The number of benzene rings is 2. The van der Waals surface area contributed by atoms with Gasteiger partial charge in [0.2, 0.25) is 5.91 Å². The number of hydrogen-bond acceptors (Lipinski definition) is 3. The number of nitrogens with zero attached hydrogens (tertiary/aromatic N) is 1. The number of amides is 1. The van der Waals surface area contributed by atoms with Gasteiger partial charge in [0, 0.05) is 19.2 Å². The lowest BCUT2D eigenvalue weighted by molar-refractivity contribution is -0.139. The van der Waals surface area contributed by atoms with Gasteiger partial charge in [-0.15, -0.1) is 0 Å². The minimum atomic E-state index is -1.07. The molecule has 0 aromatic heterocycles. The van der Waals surface area contributed by atoms with E-state index >= 15 is 0 Å². The molecule has 5 nitrogen and oxygen atoms in total. The SMILES string of the molecule is CN(C(=O)CCCc1ccc(F)c(F)c1)c1ccc(OCC(=O)O)cc1. The van der Waals surface area contributed by atoms with Gasteiger partial charge in [-0.3, -0.25) is 4.79 Å². The third kappa shape index (κ3) is 5.54. The standard InChI is InChI=1S/C19H19F2NO4/c1-22(14-6-8-15(9-7-14)26-12-19(24)25)18(23)4-2-3-13-5-10-16(20)17(21)11-13/h5-11H,2-4,12H2,1H3,(H,24,25). The van der Waals surface area contributed by atoms with Gasteiger partial charge in [-0.2, -0.15) is 0 Å². The maximum atomic E-state index is 13.2. The predicted molar refractivity (Wildman–Crippen MR) is 92.3 cm³/mol. The second-order valence-corrected chi connectivity index (χ2v) is 5.73. The molecule has 0 radical (unpaired) electrons. The maximum Gasteiger partial charge on any atom is 0.341 e. The van der Waals surface area contributed by atoms with Gasteiger partial charge in [-0.1, -0.05) is 6.07 Å². The van der Waals surface area contributed by atoms with Crippen molar-refractivity contribution in [3.8, 4) is 5.75 Å². The van der Waals surface area contributed by atoms with Crippen LogP contribution in [0, 0.1) is 11.6 Å². The Bertz CT molecular complexity index is 778. The number of aliphatic carboxylic acids is 1. The van der Waals surface area contributed by atoms with E-state index in [-0.39, 0.29) is 12.3 Å². The summed E-state index contributed by atoms with van der Waals surface area (Å²) < 4.78 is 31.1. The summed E-state index contributed by atoms with van der Waals surface area (Å²) in [6, 6.07) is 10.2. The highest BCUT2D eigenvalue weighted by Gasteiger charge is 2.11. The van der Waals surface area contributed by atoms with Crippen LogP contribution in [-0.4, -0.2) is 30.6 Å². The van der Waals surface area contributed by atoms with Crippen molar-refractivity contribution in [3.05, 3.63) is 59.7 Å². The summed E-state index contributed by atoms with van der Waals surface area (Å²) in [6.07, 6.45) is 1.24. The fourth-order valence-electron chi connectivity index (χ4n) is 2.36. The van der Waals surface area contributed by atoms with Crippen LogP contribution in [0.25, 0.3) is 0 Å². The lowest BCUT2D eigenvalue weighted by Crippen LogP contribution is -2.25. The molecule has 0 aliphatic carbocycles. The molecule has 0 saturated heterocycles. The van der Waals surface area contributed by atoms with Crippen molar-refractivity contribution in [2.75, 3.05) is 18.6 Å². The van der Waals surface area contributed by atoms with Crippen LogP contribution < -0.4 is 9.64 Å². The van der Waals surface area contributed by atoms with Gasteiger partial charge < -0.3 is 14.7 Å². The Labute approximate surface area is 149 Å². The molecule has 0 bridgehead atoms. The molecule has 0 saturated carbocycles. The summed E-state index contributed by atoms with van der Waals surface area (Å²) >= 11 is 0. The number of hydrogen-bond donors (Lipinski definition) is 1. The Morgan fingerprint density at radius 3 is 2.38 bits per heavy atom. The van der Waals surface area contributed by atoms with Gasteiger partial charge in [0.15, 0.2) is 18.2 Å². The van der Waals surface area contributed by atoms with Crippen molar-refractivity contribution in [1.29, 1.82) is 0 Å². The van der Waals surface area contributed by atoms with E-state index < -0.39 is 24.2 Å². The summed E-state index contributed by atoms with van der Waals surface area (Å²) in [5, 5.41) is 8.57. The summed E-state index contributed by atoms with van der Waals surface area (Å²) in [4.78, 5) is 24.2. The van der Waals surface area contributed by atoms with Gasteiger partial charge in [0.1, 0.15) is 5.75 Å². The van der Waals surface area contributed by atoms with E-state index in [1.54, 1.807) is 31.3 Å². The number of carboxylic acid groups (broad SMARTS) is 1. The summed E-state index contributed by atoms with van der Waals surface area (Å²) in [7, 11) is 1.63. The molecule has 1 N–H and O–H groups in total. The Hall–Kier alpha value is -2.96. The minimum absolute atomic E-state index is 0.119. The van der Waals surface area contributed by atoms with Gasteiger partial charge in [-0.05, 0) is 54.8 Å². The van der Waals surface area contributed by atoms with Gasteiger partial charge in [0.25, 0.3) is 0 Å². The molecule has 2 aromatic carbocycles. The molecule has 0 spiro atoms. The molecule has 0 atom stereocenters. The Morgan fingerprint density at radius 1 is 1.08 bits per heavy atom. The van der Waals surface area contributed by atoms with Crippen molar-refractivity contribution >= 4 is 17.6 Å². The average molecular weight is 363 g/mol. The van der Waals surface area contributed by atoms with Crippen molar-refractivity contribution in [1.82, 2.24) is 0 Å². The van der Waals surface area contributed by atoms with Crippen LogP contribution in [0.15, 0.2) is 42.5 Å². The second-order valence-electron chi connectivity index (χ2n) is 5.73. The quantitative estimate of drug-likeness (QED) is 0.780. The van der Waals surface area contributed by atoms with Crippen molar-refractivity contribution in [3.63, 3.8) is 0 Å². The predicted octanol–water partition coefficient (Wildman–Crippen LogP) is 3.41. The number of carbonyl (C=O) groups excluding carboxylic acids is 1. The Morgan fingerprint density at radius 2 is 1.77 bits per heavy atom. The molecular formula is C19H19F2NO4. The van der Waals surface area contributed by atoms with Gasteiger partial charge >= 0.3 is 5.97 Å². The minimum Gasteiger partial charge on any atom is -0.482 e. The first kappa shape index (κ1) is 19.4. The number of aryl methyl sites for hydroxylation is 1. The van der Waals surface area contributed by atoms with Crippen LogP contribution in [0.4, 0.5) is 14.5 Å². The third-order valence-electron chi connectivity index (χ3n) is 3.80. The number of carboxylic acids is 1. The average Bonchev–Trinajstić information content (AvgIpc) is 2.62. The van der Waals surface area contributed by atoms with E-state index in [4.69, 9.17) is 9.84 Å². The smallest absolute Gasteiger partial charge is 0.341 e. The molecule has 2 rings (SSSR count). The number of ether oxygens (including phenoxy) is 1. The van der Waals surface area contributed by atoms with Crippen LogP contribution in [0.1, 0.15) is 18.4 Å². The summed E-state index contributed by atoms with van der Waals surface area (Å²) in [6.45, 7) is -0.432. The first-order valence-corrected chi connectivity index (χ1v) is 8.02. The Kier molecular flexibility index (Phi) is 6.66. The molecule has 138 valence electrons. The van der Waals surface area contributed by atoms with E-state index in [9.17, 15) is 18.4 Å². The molecule has 1 amide bonds. The first-order chi connectivity index (χ1) is 12.4. The largest absolute Gasteiger partial charge is 0.482 e. The van der Waals surface area contributed by atoms with Crippen LogP contribution in [0.5, 0.6) is 5.75 Å². The van der Waals surface area contributed by atoms with Crippen LogP contribution in [-0.2, 0) is 16.0 Å². The molecule has 2 aromatic rings. The lowest BCUT2D eigenvalue weighted by Gasteiger charge is -2.17. The molecule has 0 aliphatic heterocycles. The fourth-order valence-corrected chi connectivity index (χ4v) is 2.36. The fraction of sp³-hybridized carbons (Fsp3) is 0.263. The molecular weight excluding hydrogens is 344 g/mol. The normalized spacial score (nSPS) is 10.4. The topological polar surface area (TPSA) is 66.8 Å². The number of anilines is 1. The summed E-state index contributed by atoms with van der Waals surface area (Å²) in [5.74, 6) is -2.57. The number of halogens is 2. The maximum absolute atomic E-state index is 13.2. The Balaban J connectivity index is 1.84. The highest BCUT2D eigenvalue weighted by molar-refractivity contribution is 5.92. The molecule has 0 aliphatic rings. The second kappa shape index (κ2) is 8.94. The van der Waals surface area contributed by atoms with E-state index in [2.05, 4.69) is 0 Å². The van der Waals surface area contributed by atoms with E-state index in [1.165, 1.54) is 11.0 Å².